The van der Waals surface area contributed by atoms with Gasteiger partial charge in [0.05, 0.1) is 6.33 Å². The second-order valence-corrected chi connectivity index (χ2v) is 6.02. The lowest BCUT2D eigenvalue weighted by Gasteiger charge is -2.34. The highest BCUT2D eigenvalue weighted by atomic mass is 15.1. The van der Waals surface area contributed by atoms with Crippen LogP contribution in [-0.4, -0.2) is 46.7 Å². The van der Waals surface area contributed by atoms with E-state index in [-0.39, 0.29) is 0 Å². The average molecular weight is 278 g/mol. The third-order valence-corrected chi connectivity index (χ3v) is 4.66. The summed E-state index contributed by atoms with van der Waals surface area (Å²) in [5.41, 5.74) is 0. The van der Waals surface area contributed by atoms with Crippen molar-refractivity contribution < 1.29 is 0 Å². The van der Waals surface area contributed by atoms with E-state index in [0.717, 1.165) is 19.0 Å². The number of aromatic nitrogens is 2. The third kappa shape index (κ3) is 4.91. The van der Waals surface area contributed by atoms with Gasteiger partial charge in [0.25, 0.3) is 0 Å². The molecule has 0 bridgehead atoms. The molecular formula is C16H30N4. The first-order valence-electron chi connectivity index (χ1n) is 8.21. The molecule has 0 saturated carbocycles. The molecule has 1 N–H and O–H groups in total. The maximum atomic E-state index is 4.07. The van der Waals surface area contributed by atoms with Crippen LogP contribution in [0.1, 0.15) is 39.5 Å². The standard InChI is InChI=1S/C16H30N4/c1-3-19-11-6-16(7-12-19)15(2)18-8-4-5-10-20-13-9-17-14-20/h9,13-16,18H,3-8,10-12H2,1-2H3. The Morgan fingerprint density at radius 1 is 1.30 bits per heavy atom. The molecule has 1 saturated heterocycles. The van der Waals surface area contributed by atoms with Crippen molar-refractivity contribution in [3.8, 4) is 0 Å². The van der Waals surface area contributed by atoms with Crippen LogP contribution in [0.5, 0.6) is 0 Å². The van der Waals surface area contributed by atoms with Crippen molar-refractivity contribution >= 4 is 0 Å². The zero-order valence-corrected chi connectivity index (χ0v) is 13.1. The number of hydrogen-bond donors (Lipinski definition) is 1. The van der Waals surface area contributed by atoms with Gasteiger partial charge in [0, 0.05) is 25.0 Å². The zero-order valence-electron chi connectivity index (χ0n) is 13.1. The van der Waals surface area contributed by atoms with Crippen LogP contribution < -0.4 is 5.32 Å². The Bertz CT molecular complexity index is 341. The van der Waals surface area contributed by atoms with Gasteiger partial charge in [-0.3, -0.25) is 0 Å². The number of imidazole rings is 1. The number of nitrogens with zero attached hydrogens (tertiary/aromatic N) is 3. The van der Waals surface area contributed by atoms with Gasteiger partial charge in [0.2, 0.25) is 0 Å². The summed E-state index contributed by atoms with van der Waals surface area (Å²) in [7, 11) is 0. The molecule has 1 aliphatic heterocycles. The number of unbranched alkanes of at least 4 members (excludes halogenated alkanes) is 1. The Morgan fingerprint density at radius 2 is 2.10 bits per heavy atom. The Morgan fingerprint density at radius 3 is 2.75 bits per heavy atom. The lowest BCUT2D eigenvalue weighted by molar-refractivity contribution is 0.169. The van der Waals surface area contributed by atoms with Crippen molar-refractivity contribution in [2.45, 2.75) is 52.1 Å². The summed E-state index contributed by atoms with van der Waals surface area (Å²) >= 11 is 0. The maximum Gasteiger partial charge on any atom is 0.0945 e. The summed E-state index contributed by atoms with van der Waals surface area (Å²) in [5, 5.41) is 3.72. The van der Waals surface area contributed by atoms with Crippen LogP contribution in [0.15, 0.2) is 18.7 Å². The highest BCUT2D eigenvalue weighted by Gasteiger charge is 2.22. The van der Waals surface area contributed by atoms with E-state index in [1.807, 2.05) is 18.7 Å². The fourth-order valence-corrected chi connectivity index (χ4v) is 3.10. The highest BCUT2D eigenvalue weighted by Crippen LogP contribution is 2.20. The van der Waals surface area contributed by atoms with Gasteiger partial charge in [-0.25, -0.2) is 4.98 Å². The molecule has 0 radical (unpaired) electrons. The number of rotatable bonds is 8. The van der Waals surface area contributed by atoms with Crippen molar-refractivity contribution in [2.24, 2.45) is 5.92 Å². The minimum Gasteiger partial charge on any atom is -0.337 e. The Balaban J connectivity index is 1.53. The number of piperidine rings is 1. The minimum atomic E-state index is 0.669. The van der Waals surface area contributed by atoms with Crippen LogP contribution in [0.25, 0.3) is 0 Å². The van der Waals surface area contributed by atoms with Crippen LogP contribution in [0.4, 0.5) is 0 Å². The summed E-state index contributed by atoms with van der Waals surface area (Å²) in [6, 6.07) is 0.669. The minimum absolute atomic E-state index is 0.669. The average Bonchev–Trinajstić information content (AvgIpc) is 3.00. The van der Waals surface area contributed by atoms with E-state index in [2.05, 4.69) is 33.6 Å². The molecule has 0 aliphatic carbocycles. The molecule has 1 aromatic rings. The van der Waals surface area contributed by atoms with Gasteiger partial charge in [0.1, 0.15) is 0 Å². The van der Waals surface area contributed by atoms with E-state index >= 15 is 0 Å². The smallest absolute Gasteiger partial charge is 0.0945 e. The number of aryl methyl sites for hydroxylation is 1. The van der Waals surface area contributed by atoms with E-state index in [9.17, 15) is 0 Å². The fraction of sp³-hybridized carbons (Fsp3) is 0.812. The van der Waals surface area contributed by atoms with E-state index in [4.69, 9.17) is 0 Å². The monoisotopic (exact) mass is 278 g/mol. The normalized spacial score (nSPS) is 19.3. The molecule has 0 aromatic carbocycles. The number of likely N-dealkylation sites (tertiary alicyclic amines) is 1. The zero-order chi connectivity index (χ0) is 14.2. The summed E-state index contributed by atoms with van der Waals surface area (Å²) in [6.45, 7) is 10.6. The van der Waals surface area contributed by atoms with E-state index in [1.54, 1.807) is 0 Å². The molecule has 1 aliphatic rings. The van der Waals surface area contributed by atoms with Crippen molar-refractivity contribution in [1.82, 2.24) is 19.8 Å². The van der Waals surface area contributed by atoms with Crippen molar-refractivity contribution in [2.75, 3.05) is 26.2 Å². The van der Waals surface area contributed by atoms with Gasteiger partial charge in [0.15, 0.2) is 0 Å². The van der Waals surface area contributed by atoms with Crippen LogP contribution in [-0.2, 0) is 6.54 Å². The molecular weight excluding hydrogens is 248 g/mol. The molecule has 0 spiro atoms. The predicted molar refractivity (Wildman–Crippen MR) is 83.8 cm³/mol. The molecule has 114 valence electrons. The van der Waals surface area contributed by atoms with Crippen molar-refractivity contribution in [1.29, 1.82) is 0 Å². The second kappa shape index (κ2) is 8.42. The Kier molecular flexibility index (Phi) is 6.54. The molecule has 4 nitrogen and oxygen atoms in total. The number of hydrogen-bond acceptors (Lipinski definition) is 3. The Labute approximate surface area is 123 Å². The topological polar surface area (TPSA) is 33.1 Å². The number of nitrogens with one attached hydrogen (secondary N) is 1. The highest BCUT2D eigenvalue weighted by molar-refractivity contribution is 4.79. The fourth-order valence-electron chi connectivity index (χ4n) is 3.10. The Hall–Kier alpha value is -0.870. The van der Waals surface area contributed by atoms with Gasteiger partial charge < -0.3 is 14.8 Å². The van der Waals surface area contributed by atoms with Gasteiger partial charge >= 0.3 is 0 Å². The van der Waals surface area contributed by atoms with Crippen LogP contribution in [0.3, 0.4) is 0 Å². The molecule has 0 amide bonds. The van der Waals surface area contributed by atoms with Gasteiger partial charge in [-0.15, -0.1) is 0 Å². The predicted octanol–water partition coefficient (Wildman–Crippen LogP) is 2.37. The molecule has 2 rings (SSSR count). The van der Waals surface area contributed by atoms with Gasteiger partial charge in [-0.05, 0) is 64.7 Å². The summed E-state index contributed by atoms with van der Waals surface area (Å²) < 4.78 is 2.16. The van der Waals surface area contributed by atoms with Gasteiger partial charge in [-0.1, -0.05) is 6.92 Å². The van der Waals surface area contributed by atoms with E-state index in [0.29, 0.717) is 6.04 Å². The molecule has 1 unspecified atom stereocenters. The molecule has 20 heavy (non-hydrogen) atoms. The molecule has 4 heteroatoms. The molecule has 1 aromatic heterocycles. The lowest BCUT2D eigenvalue weighted by Crippen LogP contribution is -2.42. The van der Waals surface area contributed by atoms with Gasteiger partial charge in [-0.2, -0.15) is 0 Å². The third-order valence-electron chi connectivity index (χ3n) is 4.66. The SMILES string of the molecule is CCN1CCC(C(C)NCCCCn2ccnc2)CC1. The largest absolute Gasteiger partial charge is 0.337 e. The van der Waals surface area contributed by atoms with Crippen LogP contribution >= 0.6 is 0 Å². The molecule has 2 heterocycles. The van der Waals surface area contributed by atoms with E-state index < -0.39 is 0 Å². The first kappa shape index (κ1) is 15.5. The summed E-state index contributed by atoms with van der Waals surface area (Å²) in [5.74, 6) is 0.867. The second-order valence-electron chi connectivity index (χ2n) is 6.02. The van der Waals surface area contributed by atoms with Crippen LogP contribution in [0.2, 0.25) is 0 Å². The lowest BCUT2D eigenvalue weighted by atomic mass is 9.90. The molecule has 1 atom stereocenters. The first-order chi connectivity index (χ1) is 9.79. The van der Waals surface area contributed by atoms with E-state index in [1.165, 1.54) is 45.3 Å². The summed E-state index contributed by atoms with van der Waals surface area (Å²) in [6.07, 6.45) is 11.0. The maximum absolute atomic E-state index is 4.07. The first-order valence-corrected chi connectivity index (χ1v) is 8.21. The summed E-state index contributed by atoms with van der Waals surface area (Å²) in [4.78, 5) is 6.63. The molecule has 1 fully saturated rings. The van der Waals surface area contributed by atoms with Crippen molar-refractivity contribution in [3.05, 3.63) is 18.7 Å². The quantitative estimate of drug-likeness (QED) is 0.741. The van der Waals surface area contributed by atoms with Crippen molar-refractivity contribution in [3.63, 3.8) is 0 Å². The van der Waals surface area contributed by atoms with Crippen LogP contribution in [0, 0.1) is 5.92 Å².